The Morgan fingerprint density at radius 1 is 1.07 bits per heavy atom. The summed E-state index contributed by atoms with van der Waals surface area (Å²) in [6.45, 7) is 10.6. The number of aliphatic imine (C=N–C) groups is 1. The summed E-state index contributed by atoms with van der Waals surface area (Å²) in [4.78, 5) is 17.6. The average molecular weight is 548 g/mol. The van der Waals surface area contributed by atoms with E-state index in [0.717, 1.165) is 46.9 Å². The number of nitrogens with one attached hydrogen (secondary N) is 2. The van der Waals surface area contributed by atoms with E-state index in [4.69, 9.17) is 4.99 Å². The van der Waals surface area contributed by atoms with Crippen LogP contribution in [0.15, 0.2) is 22.5 Å². The van der Waals surface area contributed by atoms with Gasteiger partial charge in [0.15, 0.2) is 5.96 Å². The van der Waals surface area contributed by atoms with Gasteiger partial charge in [0.1, 0.15) is 0 Å². The van der Waals surface area contributed by atoms with Gasteiger partial charge in [-0.15, -0.1) is 58.0 Å². The Balaban J connectivity index is 0.00000280. The fourth-order valence-electron chi connectivity index (χ4n) is 2.64. The molecule has 0 saturated heterocycles. The van der Waals surface area contributed by atoms with Crippen LogP contribution in [0.4, 0.5) is 0 Å². The Bertz CT molecular complexity index is 912. The van der Waals surface area contributed by atoms with E-state index >= 15 is 0 Å². The minimum atomic E-state index is 0. The van der Waals surface area contributed by atoms with Crippen molar-refractivity contribution in [1.82, 2.24) is 20.6 Å². The van der Waals surface area contributed by atoms with Gasteiger partial charge in [0.2, 0.25) is 0 Å². The number of rotatable bonds is 7. The standard InChI is InChI=1S/C19H25N5S3.HI/c1-5-20-19(22-10-18-12(2)23-14(4)26-18)21-9-8-15-6-7-17(27-15)16-11-25-13(3)24-16;/h6-7,11H,5,8-10H2,1-4H3,(H2,20,21,22);1H. The van der Waals surface area contributed by atoms with Gasteiger partial charge in [-0.1, -0.05) is 0 Å². The highest BCUT2D eigenvalue weighted by Gasteiger charge is 2.07. The first-order valence-corrected chi connectivity index (χ1v) is 11.5. The first-order valence-electron chi connectivity index (χ1n) is 9.01. The van der Waals surface area contributed by atoms with Crippen LogP contribution >= 0.6 is 58.0 Å². The summed E-state index contributed by atoms with van der Waals surface area (Å²) in [5.41, 5.74) is 2.17. The van der Waals surface area contributed by atoms with Gasteiger partial charge in [0, 0.05) is 28.2 Å². The first-order chi connectivity index (χ1) is 13.0. The molecule has 0 saturated carbocycles. The van der Waals surface area contributed by atoms with E-state index in [2.05, 4.69) is 45.0 Å². The predicted octanol–water partition coefficient (Wildman–Crippen LogP) is 5.17. The summed E-state index contributed by atoms with van der Waals surface area (Å²) in [5, 5.41) is 11.1. The third-order valence-electron chi connectivity index (χ3n) is 3.92. The van der Waals surface area contributed by atoms with Crippen LogP contribution in [0, 0.1) is 20.8 Å². The normalized spacial score (nSPS) is 11.4. The zero-order chi connectivity index (χ0) is 19.2. The molecule has 152 valence electrons. The summed E-state index contributed by atoms with van der Waals surface area (Å²) in [6.07, 6.45) is 0.969. The number of aryl methyl sites for hydroxylation is 3. The molecule has 3 rings (SSSR count). The fraction of sp³-hybridized carbons (Fsp3) is 0.421. The maximum absolute atomic E-state index is 4.70. The van der Waals surface area contributed by atoms with Crippen molar-refractivity contribution >= 4 is 63.9 Å². The lowest BCUT2D eigenvalue weighted by molar-refractivity contribution is 0.805. The van der Waals surface area contributed by atoms with Crippen LogP contribution in [0.1, 0.15) is 32.4 Å². The van der Waals surface area contributed by atoms with Gasteiger partial charge in [-0.3, -0.25) is 0 Å². The van der Waals surface area contributed by atoms with Crippen molar-refractivity contribution in [3.05, 3.63) is 43.0 Å². The molecular weight excluding hydrogens is 521 g/mol. The molecule has 0 atom stereocenters. The molecule has 5 nitrogen and oxygen atoms in total. The lowest BCUT2D eigenvalue weighted by Gasteiger charge is -2.10. The molecule has 0 fully saturated rings. The molecule has 0 aromatic carbocycles. The number of hydrogen-bond acceptors (Lipinski definition) is 6. The molecule has 0 unspecified atom stereocenters. The number of aromatic nitrogens is 2. The van der Waals surface area contributed by atoms with Crippen molar-refractivity contribution in [3.8, 4) is 10.6 Å². The smallest absolute Gasteiger partial charge is 0.191 e. The summed E-state index contributed by atoms with van der Waals surface area (Å²) in [7, 11) is 0. The number of thiazole rings is 2. The van der Waals surface area contributed by atoms with Crippen LogP contribution in [0.3, 0.4) is 0 Å². The molecular formula is C19H26IN5S3. The van der Waals surface area contributed by atoms with E-state index in [0.29, 0.717) is 6.54 Å². The Kier molecular flexibility index (Phi) is 9.32. The summed E-state index contributed by atoms with van der Waals surface area (Å²) < 4.78 is 0. The lowest BCUT2D eigenvalue weighted by Crippen LogP contribution is -2.38. The summed E-state index contributed by atoms with van der Waals surface area (Å²) in [5.74, 6) is 0.856. The predicted molar refractivity (Wildman–Crippen MR) is 134 cm³/mol. The van der Waals surface area contributed by atoms with E-state index in [1.165, 1.54) is 14.6 Å². The topological polar surface area (TPSA) is 62.2 Å². The molecule has 2 N–H and O–H groups in total. The summed E-state index contributed by atoms with van der Waals surface area (Å²) >= 11 is 5.23. The Morgan fingerprint density at radius 3 is 2.54 bits per heavy atom. The van der Waals surface area contributed by atoms with Crippen molar-refractivity contribution in [2.75, 3.05) is 13.1 Å². The number of halogens is 1. The Labute approximate surface area is 195 Å². The Hall–Kier alpha value is -1.04. The van der Waals surface area contributed by atoms with Gasteiger partial charge in [0.25, 0.3) is 0 Å². The molecule has 0 aliphatic heterocycles. The summed E-state index contributed by atoms with van der Waals surface area (Å²) in [6, 6.07) is 4.37. The number of guanidine groups is 1. The van der Waals surface area contributed by atoms with E-state index < -0.39 is 0 Å². The molecule has 0 bridgehead atoms. The first kappa shape index (κ1) is 23.2. The van der Waals surface area contributed by atoms with E-state index in [-0.39, 0.29) is 24.0 Å². The lowest BCUT2D eigenvalue weighted by atomic mass is 10.3. The average Bonchev–Trinajstić information content (AvgIpc) is 3.33. The van der Waals surface area contributed by atoms with Crippen molar-refractivity contribution in [3.63, 3.8) is 0 Å². The molecule has 3 aromatic rings. The van der Waals surface area contributed by atoms with Crippen molar-refractivity contribution in [2.45, 2.75) is 40.7 Å². The minimum absolute atomic E-state index is 0. The second-order valence-electron chi connectivity index (χ2n) is 6.13. The highest BCUT2D eigenvalue weighted by molar-refractivity contribution is 14.0. The van der Waals surface area contributed by atoms with Gasteiger partial charge < -0.3 is 10.6 Å². The molecule has 9 heteroatoms. The second-order valence-corrected chi connectivity index (χ2v) is 9.65. The maximum Gasteiger partial charge on any atom is 0.191 e. The Morgan fingerprint density at radius 2 is 1.89 bits per heavy atom. The quantitative estimate of drug-likeness (QED) is 0.244. The van der Waals surface area contributed by atoms with Crippen LogP contribution < -0.4 is 10.6 Å². The van der Waals surface area contributed by atoms with Crippen LogP contribution in [-0.2, 0) is 13.0 Å². The molecule has 0 aliphatic rings. The molecule has 3 heterocycles. The van der Waals surface area contributed by atoms with E-state index in [1.807, 2.05) is 32.1 Å². The van der Waals surface area contributed by atoms with Gasteiger partial charge >= 0.3 is 0 Å². The SMILES string of the molecule is CCNC(=NCc1sc(C)nc1C)NCCc1ccc(-c2csc(C)n2)s1.I. The van der Waals surface area contributed by atoms with Gasteiger partial charge in [0.05, 0.1) is 32.8 Å². The van der Waals surface area contributed by atoms with Crippen LogP contribution in [0.2, 0.25) is 0 Å². The molecule has 0 amide bonds. The second kappa shape index (κ2) is 11.2. The fourth-order valence-corrected chi connectivity index (χ4v) is 5.16. The largest absolute Gasteiger partial charge is 0.357 e. The molecule has 0 radical (unpaired) electrons. The van der Waals surface area contributed by atoms with Crippen molar-refractivity contribution in [1.29, 1.82) is 0 Å². The van der Waals surface area contributed by atoms with Gasteiger partial charge in [-0.05, 0) is 46.2 Å². The zero-order valence-corrected chi connectivity index (χ0v) is 21.3. The van der Waals surface area contributed by atoms with Crippen LogP contribution in [-0.4, -0.2) is 29.0 Å². The van der Waals surface area contributed by atoms with E-state index in [1.54, 1.807) is 22.7 Å². The number of nitrogens with zero attached hydrogens (tertiary/aromatic N) is 3. The molecule has 0 aliphatic carbocycles. The molecule has 3 aromatic heterocycles. The van der Waals surface area contributed by atoms with Crippen LogP contribution in [0.25, 0.3) is 10.6 Å². The third-order valence-corrected chi connectivity index (χ3v) is 6.92. The van der Waals surface area contributed by atoms with Gasteiger partial charge in [-0.2, -0.15) is 0 Å². The van der Waals surface area contributed by atoms with E-state index in [9.17, 15) is 0 Å². The van der Waals surface area contributed by atoms with Crippen molar-refractivity contribution in [2.24, 2.45) is 4.99 Å². The monoisotopic (exact) mass is 547 g/mol. The maximum atomic E-state index is 4.70. The van der Waals surface area contributed by atoms with Crippen LogP contribution in [0.5, 0.6) is 0 Å². The highest BCUT2D eigenvalue weighted by atomic mass is 127. The van der Waals surface area contributed by atoms with Gasteiger partial charge in [-0.25, -0.2) is 15.0 Å². The minimum Gasteiger partial charge on any atom is -0.357 e. The van der Waals surface area contributed by atoms with Crippen molar-refractivity contribution < 1.29 is 0 Å². The third kappa shape index (κ3) is 6.50. The zero-order valence-electron chi connectivity index (χ0n) is 16.5. The highest BCUT2D eigenvalue weighted by Crippen LogP contribution is 2.29. The number of hydrogen-bond donors (Lipinski definition) is 2. The molecule has 28 heavy (non-hydrogen) atoms. The molecule has 0 spiro atoms. The number of thiophene rings is 1.